The first kappa shape index (κ1) is 96.6. The summed E-state index contributed by atoms with van der Waals surface area (Å²) < 4.78 is 68.6. The number of anilines is 2. The number of ketones is 5. The highest BCUT2D eigenvalue weighted by Gasteiger charge is 2.53. The fourth-order valence-corrected chi connectivity index (χ4v) is 16.8. The van der Waals surface area contributed by atoms with Crippen molar-refractivity contribution in [3.8, 4) is 11.3 Å². The topological polar surface area (TPSA) is 408 Å². The summed E-state index contributed by atoms with van der Waals surface area (Å²) in [6.45, 7) is 17.8. The van der Waals surface area contributed by atoms with Gasteiger partial charge >= 0.3 is 5.97 Å². The number of carbonyl (C=O) groups is 7. The number of carbonyl (C=O) groups excluding carboxylic acids is 7. The van der Waals surface area contributed by atoms with E-state index in [0.29, 0.717) is 202 Å². The number of nitrogen functional groups attached to an aromatic ring is 2. The van der Waals surface area contributed by atoms with Crippen molar-refractivity contribution in [1.29, 1.82) is 0 Å². The molecule has 0 radical (unpaired) electrons. The molecule has 15 atom stereocenters. The summed E-state index contributed by atoms with van der Waals surface area (Å²) in [7, 11) is 4.64. The Bertz CT molecular complexity index is 4270. The van der Waals surface area contributed by atoms with Crippen molar-refractivity contribution in [2.75, 3.05) is 98.8 Å². The second-order valence-corrected chi connectivity index (χ2v) is 33.4. The number of aromatic nitrogens is 8. The van der Waals surface area contributed by atoms with Gasteiger partial charge in [-0.15, -0.1) is 5.10 Å². The molecule has 1 saturated carbocycles. The number of hydrogen-bond acceptors (Lipinski definition) is 28. The molecule has 2 bridgehead atoms. The van der Waals surface area contributed by atoms with E-state index in [1.165, 1.54) is 18.3 Å². The molecule has 1 unspecified atom stereocenters. The number of amides is 1. The van der Waals surface area contributed by atoms with Crippen molar-refractivity contribution in [3.63, 3.8) is 0 Å². The zero-order valence-corrected chi connectivity index (χ0v) is 72.8. The fraction of sp³-hybridized carbons (Fsp3) is 0.678. The number of oxazole rings is 1. The van der Waals surface area contributed by atoms with E-state index in [9.17, 15) is 43.8 Å². The number of esters is 1. The van der Waals surface area contributed by atoms with Crippen LogP contribution in [-0.4, -0.2) is 238 Å². The first-order valence-electron chi connectivity index (χ1n) is 43.8. The van der Waals surface area contributed by atoms with Crippen molar-refractivity contribution in [1.82, 2.24) is 44.6 Å². The average molecular weight is 1690 g/mol. The quantitative estimate of drug-likeness (QED) is 0.0123. The summed E-state index contributed by atoms with van der Waals surface area (Å²) in [5, 5.41) is 38.0. The van der Waals surface area contributed by atoms with E-state index < -0.39 is 77.8 Å². The van der Waals surface area contributed by atoms with E-state index in [2.05, 4.69) is 25.3 Å². The van der Waals surface area contributed by atoms with Crippen molar-refractivity contribution in [2.45, 2.75) is 270 Å². The minimum absolute atomic E-state index is 0.00555. The van der Waals surface area contributed by atoms with Gasteiger partial charge in [0.15, 0.2) is 17.0 Å². The number of piperidine rings is 1. The summed E-state index contributed by atoms with van der Waals surface area (Å²) in [6, 6.07) is 4.41. The molecule has 1 aromatic carbocycles. The summed E-state index contributed by atoms with van der Waals surface area (Å²) >= 11 is 0. The predicted molar refractivity (Wildman–Crippen MR) is 454 cm³/mol. The Balaban J connectivity index is 0.629. The van der Waals surface area contributed by atoms with Gasteiger partial charge in [-0.1, -0.05) is 82.7 Å². The van der Waals surface area contributed by atoms with Gasteiger partial charge in [0.25, 0.3) is 17.7 Å². The van der Waals surface area contributed by atoms with Gasteiger partial charge in [0.05, 0.1) is 88.3 Å². The van der Waals surface area contributed by atoms with Crippen LogP contribution in [0, 0.1) is 35.5 Å². The Hall–Kier alpha value is -8.21. The van der Waals surface area contributed by atoms with E-state index in [4.69, 9.17) is 68.4 Å². The molecule has 2 saturated heterocycles. The van der Waals surface area contributed by atoms with Gasteiger partial charge in [-0.25, -0.2) is 24.1 Å². The van der Waals surface area contributed by atoms with Crippen molar-refractivity contribution < 1.29 is 95.6 Å². The number of methoxy groups -OCH3 is 3. The normalized spacial score (nSPS) is 27.3. The number of nitrogens with zero attached hydrogens (tertiary/aromatic N) is 9. The number of nitrogens with two attached hydrogens (primary N) is 2. The van der Waals surface area contributed by atoms with E-state index in [0.717, 1.165) is 68.2 Å². The first-order chi connectivity index (χ1) is 58.3. The number of cyclic esters (lactones) is 1. The standard InChI is InChI=1S/C90H133N11O20/c1-58-23-13-11-14-24-59(2)76(111-8)54-70-34-31-64(7)90(110,121-70)84(107)87(108)100-37-19-16-30-72(100)88(109)119-77(55-73(104)60(3)50-63(6)82(106)83(113-10)81(105)62(5)49-58)61(4)51-65-32-35-75(78(52-65)112-9)118-41-20-17-25-67-56-99(98-96-67)39-42-115-44-46-117-48-47-116-45-43-114-40-22-29-69(103)28-21-27-68(102)26-15-12-18-38-101-86-79(85(91)93-57-94-86)80(97-101)66-33-36-74-71(53-66)95-89(92)120-74/h11,13-14,23-24,33,36,50,53,56-58,60-62,64-65,70,72,75-78,82-83,106,110H,12,15-22,25-32,34-35,37-49,51-52,54-55H2,1-10H3,(H2,92,95)(H2,91,93,94)/b14-11+,23-13+,59-24+,63-50+/t58-,60-,61-,62-,64-,65+,70+,72+,75-,76+,77?,78-,82-,83+,90-/m1/s1. The summed E-state index contributed by atoms with van der Waals surface area (Å²) in [6.07, 6.45) is 22.6. The van der Waals surface area contributed by atoms with Gasteiger partial charge in [-0.05, 0) is 170 Å². The van der Waals surface area contributed by atoms with Crippen molar-refractivity contribution in [2.24, 2.45) is 35.5 Å². The van der Waals surface area contributed by atoms with Crippen LogP contribution in [0.15, 0.2) is 82.7 Å². The lowest BCUT2D eigenvalue weighted by Crippen LogP contribution is -2.61. The van der Waals surface area contributed by atoms with E-state index in [1.807, 2.05) is 81.1 Å². The lowest BCUT2D eigenvalue weighted by atomic mass is 9.78. The van der Waals surface area contributed by atoms with E-state index in [1.54, 1.807) is 51.8 Å². The Morgan fingerprint density at radius 2 is 1.45 bits per heavy atom. The summed E-state index contributed by atoms with van der Waals surface area (Å²) in [5.41, 5.74) is 17.4. The molecule has 4 aromatic heterocycles. The zero-order valence-electron chi connectivity index (χ0n) is 72.8. The van der Waals surface area contributed by atoms with Crippen LogP contribution < -0.4 is 11.5 Å². The van der Waals surface area contributed by atoms with Crippen molar-refractivity contribution in [3.05, 3.63) is 84.0 Å². The predicted octanol–water partition coefficient (Wildman–Crippen LogP) is 11.3. The molecule has 7 heterocycles. The number of ether oxygens (including phenoxy) is 10. The molecule has 6 N–H and O–H groups in total. The highest BCUT2D eigenvalue weighted by molar-refractivity contribution is 6.39. The second-order valence-electron chi connectivity index (χ2n) is 33.4. The first-order valence-corrected chi connectivity index (χ1v) is 43.8. The number of allylic oxidation sites excluding steroid dienone is 6. The van der Waals surface area contributed by atoms with Gasteiger partial charge in [-0.3, -0.25) is 28.8 Å². The number of rotatable bonds is 39. The molecule has 1 aliphatic carbocycles. The SMILES string of the molecule is CO[C@H]1C[C@@H]2CC[C@@H](C)[C@@](O)(O2)C(=O)C(=O)N2CCCC[C@H]2C(=O)OC([C@H](C)C[C@@H]2CC[C@@H](OCCCCc3cn(CCOCCOCCOCCOCCCC(=O)CCCC(=O)CCCCCn4nc(-c5ccc6oc(N)nc6c5)c5c(N)ncnc54)nn3)[C@H](OC)C2)CC(=O)[C@H](C)/C=C(\C)[C@@H](O)[C@@H](OC)C(=O)[C@H](C)C[C@H](C)/C=C/C=C/C=C/1C. The number of fused-ring (bicyclic) bond motifs is 5. The number of aliphatic hydroxyl groups excluding tert-OH is 1. The number of Topliss-reactive ketones (excluding diaryl/α,β-unsaturated/α-hetero) is 5. The average Bonchev–Trinajstić information content (AvgIpc) is 1.72. The minimum atomic E-state index is -2.46. The highest BCUT2D eigenvalue weighted by Crippen LogP contribution is 2.40. The molecule has 4 aliphatic rings. The minimum Gasteiger partial charge on any atom is -0.460 e. The Morgan fingerprint density at radius 1 is 0.727 bits per heavy atom. The summed E-state index contributed by atoms with van der Waals surface area (Å²) in [5.74, 6) is -7.58. The van der Waals surface area contributed by atoms with Crippen LogP contribution in [0.3, 0.4) is 0 Å². The molecule has 31 heteroatoms. The molecular formula is C90H133N11O20. The van der Waals surface area contributed by atoms with Crippen LogP contribution in [0.25, 0.3) is 33.4 Å². The maximum absolute atomic E-state index is 14.8. The number of unbranched alkanes of at least 4 members (excludes halogenated alkanes) is 3. The van der Waals surface area contributed by atoms with Crippen LogP contribution in [0.2, 0.25) is 0 Å². The molecule has 31 nitrogen and oxygen atoms in total. The van der Waals surface area contributed by atoms with Crippen molar-refractivity contribution >= 4 is 74.8 Å². The third-order valence-corrected chi connectivity index (χ3v) is 24.0. The molecule has 0 spiro atoms. The van der Waals surface area contributed by atoms with Crippen LogP contribution in [0.1, 0.15) is 202 Å². The van der Waals surface area contributed by atoms with Crippen LogP contribution in [-0.2, 0) is 100 Å². The molecule has 121 heavy (non-hydrogen) atoms. The zero-order chi connectivity index (χ0) is 87.0. The maximum atomic E-state index is 14.8. The molecule has 1 amide bonds. The number of hydrogen-bond donors (Lipinski definition) is 4. The number of aryl methyl sites for hydroxylation is 2. The van der Waals surface area contributed by atoms with E-state index in [-0.39, 0.29) is 78.5 Å². The molecule has 9 rings (SSSR count). The number of aliphatic hydroxyl groups is 2. The molecule has 3 aliphatic heterocycles. The van der Waals surface area contributed by atoms with Crippen LogP contribution in [0.4, 0.5) is 11.8 Å². The third kappa shape index (κ3) is 28.9. The van der Waals surface area contributed by atoms with E-state index >= 15 is 0 Å². The maximum Gasteiger partial charge on any atom is 0.329 e. The highest BCUT2D eigenvalue weighted by atomic mass is 16.6. The molecular weight excluding hydrogens is 1560 g/mol. The van der Waals surface area contributed by atoms with Crippen LogP contribution >= 0.6 is 0 Å². The Labute approximate surface area is 711 Å². The third-order valence-electron chi connectivity index (χ3n) is 24.0. The van der Waals surface area contributed by atoms with Gasteiger partial charge < -0.3 is 78.4 Å². The van der Waals surface area contributed by atoms with Gasteiger partial charge in [0.1, 0.15) is 65.1 Å². The fourth-order valence-electron chi connectivity index (χ4n) is 16.8. The lowest BCUT2D eigenvalue weighted by Gasteiger charge is -2.42. The van der Waals surface area contributed by atoms with Crippen LogP contribution in [0.5, 0.6) is 0 Å². The summed E-state index contributed by atoms with van der Waals surface area (Å²) in [4.78, 5) is 112. The molecule has 668 valence electrons. The Morgan fingerprint density at radius 3 is 2.19 bits per heavy atom. The molecule has 5 aromatic rings. The lowest BCUT2D eigenvalue weighted by molar-refractivity contribution is -0.265. The van der Waals surface area contributed by atoms with Gasteiger partial charge in [-0.2, -0.15) is 10.1 Å². The van der Waals surface area contributed by atoms with Gasteiger partial charge in [0.2, 0.25) is 5.79 Å². The monoisotopic (exact) mass is 1690 g/mol. The largest absolute Gasteiger partial charge is 0.460 e. The smallest absolute Gasteiger partial charge is 0.329 e. The molecule has 3 fully saturated rings. The van der Waals surface area contributed by atoms with Gasteiger partial charge in [0, 0.05) is 116 Å². The number of benzene rings is 1. The Kier molecular flexibility index (Phi) is 39.4. The second kappa shape index (κ2) is 49.3.